The fourth-order valence-corrected chi connectivity index (χ4v) is 11.5. The minimum absolute atomic E-state index is 0.120. The van der Waals surface area contributed by atoms with Gasteiger partial charge in [0.05, 0.1) is 0 Å². The van der Waals surface area contributed by atoms with Gasteiger partial charge >= 0.3 is 0 Å². The molecule has 5 fully saturated rings. The first-order valence-electron chi connectivity index (χ1n) is 13.8. The molecule has 0 unspecified atom stereocenters. The highest BCUT2D eigenvalue weighted by atomic mass is 16.1. The summed E-state index contributed by atoms with van der Waals surface area (Å²) in [6.45, 7) is 20.3. The monoisotopic (exact) mass is 426 g/mol. The Labute approximate surface area is 192 Å². The third kappa shape index (κ3) is 2.65. The summed E-state index contributed by atoms with van der Waals surface area (Å²) in [5.41, 5.74) is 1.76. The Bertz CT molecular complexity index is 764. The lowest BCUT2D eigenvalue weighted by Gasteiger charge is -2.72. The number of carbonyl (C=O) groups is 1. The summed E-state index contributed by atoms with van der Waals surface area (Å²) < 4.78 is 0. The zero-order valence-corrected chi connectivity index (χ0v) is 21.9. The van der Waals surface area contributed by atoms with E-state index in [9.17, 15) is 4.79 Å². The number of hydrogen-bond acceptors (Lipinski definition) is 1. The first-order valence-corrected chi connectivity index (χ1v) is 13.8. The smallest absolute Gasteiger partial charge is 0.138 e. The molecule has 5 aliphatic carbocycles. The Morgan fingerprint density at radius 1 is 0.742 bits per heavy atom. The maximum atomic E-state index is 12.9. The van der Waals surface area contributed by atoms with E-state index in [2.05, 4.69) is 55.4 Å². The van der Waals surface area contributed by atoms with Crippen molar-refractivity contribution in [2.24, 2.45) is 62.6 Å². The fraction of sp³-hybridized carbons (Fsp3) is 0.967. The largest absolute Gasteiger partial charge is 0.299 e. The molecule has 0 amide bonds. The van der Waals surface area contributed by atoms with Crippen LogP contribution in [0.3, 0.4) is 0 Å². The van der Waals surface area contributed by atoms with E-state index in [1.165, 1.54) is 51.4 Å². The lowest BCUT2D eigenvalue weighted by atomic mass is 9.32. The van der Waals surface area contributed by atoms with Gasteiger partial charge in [-0.1, -0.05) is 55.4 Å². The van der Waals surface area contributed by atoms with E-state index in [-0.39, 0.29) is 5.41 Å². The van der Waals surface area contributed by atoms with Crippen molar-refractivity contribution < 1.29 is 4.79 Å². The molecule has 31 heavy (non-hydrogen) atoms. The zero-order chi connectivity index (χ0) is 22.6. The minimum Gasteiger partial charge on any atom is -0.299 e. The number of fused-ring (bicyclic) bond motifs is 7. The molecule has 0 radical (unpaired) electrons. The third-order valence-electron chi connectivity index (χ3n) is 13.5. The van der Waals surface area contributed by atoms with E-state index < -0.39 is 0 Å². The van der Waals surface area contributed by atoms with E-state index in [0.29, 0.717) is 33.4 Å². The standard InChI is InChI=1S/C30H50O/c1-19(2)20-11-14-27(5)17-18-29(7)21(25(20)27)9-10-23-28(6)15-13-24(31)26(3,4)22(28)12-16-30(23,29)8/h19-23,25H,9-18H2,1-8H3/t20-,21+,22-,23+,25+,27+,28+,29+,30+/m0/s1. The molecule has 0 bridgehead atoms. The van der Waals surface area contributed by atoms with Crippen molar-refractivity contribution in [1.82, 2.24) is 0 Å². The topological polar surface area (TPSA) is 17.1 Å². The molecule has 0 aliphatic heterocycles. The Kier molecular flexibility index (Phi) is 4.80. The molecule has 5 aliphatic rings. The van der Waals surface area contributed by atoms with Crippen molar-refractivity contribution in [3.8, 4) is 0 Å². The summed E-state index contributed by atoms with van der Waals surface area (Å²) in [6.07, 6.45) is 13.3. The van der Waals surface area contributed by atoms with Crippen LogP contribution in [0.15, 0.2) is 0 Å². The predicted octanol–water partition coefficient (Wildman–Crippen LogP) is 8.31. The minimum atomic E-state index is -0.120. The lowest BCUT2D eigenvalue weighted by Crippen LogP contribution is -2.66. The van der Waals surface area contributed by atoms with Crippen molar-refractivity contribution in [1.29, 1.82) is 0 Å². The third-order valence-corrected chi connectivity index (χ3v) is 13.5. The molecule has 1 nitrogen and oxygen atoms in total. The van der Waals surface area contributed by atoms with Crippen LogP contribution in [0, 0.1) is 62.6 Å². The van der Waals surface area contributed by atoms with Gasteiger partial charge in [-0.05, 0) is 115 Å². The highest BCUT2D eigenvalue weighted by Crippen LogP contribution is 2.77. The van der Waals surface area contributed by atoms with Gasteiger partial charge in [0.1, 0.15) is 5.78 Å². The predicted molar refractivity (Wildman–Crippen MR) is 130 cm³/mol. The van der Waals surface area contributed by atoms with Crippen LogP contribution in [0.4, 0.5) is 0 Å². The summed E-state index contributed by atoms with van der Waals surface area (Å²) in [5, 5.41) is 0. The molecule has 5 rings (SSSR count). The van der Waals surface area contributed by atoms with Gasteiger partial charge in [-0.15, -0.1) is 0 Å². The second kappa shape index (κ2) is 6.63. The van der Waals surface area contributed by atoms with Gasteiger partial charge in [0.2, 0.25) is 0 Å². The van der Waals surface area contributed by atoms with Crippen LogP contribution in [-0.2, 0) is 4.79 Å². The van der Waals surface area contributed by atoms with Gasteiger partial charge in [-0.25, -0.2) is 0 Å². The van der Waals surface area contributed by atoms with Gasteiger partial charge in [-0.3, -0.25) is 4.79 Å². The first-order chi connectivity index (χ1) is 14.3. The normalized spacial score (nSPS) is 55.9. The highest BCUT2D eigenvalue weighted by molar-refractivity contribution is 5.85. The fourth-order valence-electron chi connectivity index (χ4n) is 11.5. The maximum absolute atomic E-state index is 12.9. The van der Waals surface area contributed by atoms with Gasteiger partial charge in [0.25, 0.3) is 0 Å². The maximum Gasteiger partial charge on any atom is 0.138 e. The Balaban J connectivity index is 1.54. The molecular weight excluding hydrogens is 376 g/mol. The van der Waals surface area contributed by atoms with Gasteiger partial charge in [0.15, 0.2) is 0 Å². The molecule has 0 aromatic rings. The van der Waals surface area contributed by atoms with Crippen LogP contribution in [0.25, 0.3) is 0 Å². The van der Waals surface area contributed by atoms with E-state index in [1.54, 1.807) is 0 Å². The molecule has 0 heterocycles. The Morgan fingerprint density at radius 3 is 2.13 bits per heavy atom. The van der Waals surface area contributed by atoms with Crippen molar-refractivity contribution in [3.63, 3.8) is 0 Å². The summed E-state index contributed by atoms with van der Waals surface area (Å²) >= 11 is 0. The quantitative estimate of drug-likeness (QED) is 0.412. The van der Waals surface area contributed by atoms with E-state index in [1.807, 2.05) is 0 Å². The summed E-state index contributed by atoms with van der Waals surface area (Å²) in [6, 6.07) is 0. The lowest BCUT2D eigenvalue weighted by molar-refractivity contribution is -0.234. The average molecular weight is 427 g/mol. The number of hydrogen-bond donors (Lipinski definition) is 0. The molecule has 5 saturated carbocycles. The molecule has 9 atom stereocenters. The van der Waals surface area contributed by atoms with Crippen LogP contribution in [0.5, 0.6) is 0 Å². The molecule has 1 heteroatoms. The van der Waals surface area contributed by atoms with Crippen molar-refractivity contribution in [2.45, 2.75) is 120 Å². The first kappa shape index (κ1) is 22.5. The summed E-state index contributed by atoms with van der Waals surface area (Å²) in [4.78, 5) is 12.9. The van der Waals surface area contributed by atoms with Crippen LogP contribution >= 0.6 is 0 Å². The molecule has 0 spiro atoms. The van der Waals surface area contributed by atoms with Gasteiger partial charge < -0.3 is 0 Å². The van der Waals surface area contributed by atoms with Gasteiger partial charge in [0, 0.05) is 11.8 Å². The number of carbonyl (C=O) groups excluding carboxylic acids is 1. The highest BCUT2D eigenvalue weighted by Gasteiger charge is 2.70. The summed E-state index contributed by atoms with van der Waals surface area (Å²) in [7, 11) is 0. The second-order valence-corrected chi connectivity index (χ2v) is 14.9. The van der Waals surface area contributed by atoms with Crippen LogP contribution in [-0.4, -0.2) is 5.78 Å². The molecular formula is C30H50O. The zero-order valence-electron chi connectivity index (χ0n) is 21.9. The number of ketones is 1. The molecule has 176 valence electrons. The summed E-state index contributed by atoms with van der Waals surface area (Å²) in [5.74, 6) is 5.56. The van der Waals surface area contributed by atoms with E-state index in [0.717, 1.165) is 42.4 Å². The van der Waals surface area contributed by atoms with Crippen LogP contribution in [0.1, 0.15) is 120 Å². The average Bonchev–Trinajstić information content (AvgIpc) is 3.04. The SMILES string of the molecule is CC(C)[C@@H]1CC[C@]2(C)CC[C@]3(C)[C@H](CC[C@@H]4[C@]5(C)CCC(=O)C(C)(C)[C@@H]5CC[C@]43C)[C@@H]12. The van der Waals surface area contributed by atoms with Crippen LogP contribution < -0.4 is 0 Å². The molecule has 0 saturated heterocycles. The van der Waals surface area contributed by atoms with Crippen molar-refractivity contribution in [3.05, 3.63) is 0 Å². The second-order valence-electron chi connectivity index (χ2n) is 14.9. The number of Topliss-reactive ketones (excluding diaryl/α,β-unsaturated/α-hetero) is 1. The van der Waals surface area contributed by atoms with Gasteiger partial charge in [-0.2, -0.15) is 0 Å². The Hall–Kier alpha value is -0.330. The van der Waals surface area contributed by atoms with E-state index in [4.69, 9.17) is 0 Å². The van der Waals surface area contributed by atoms with E-state index >= 15 is 0 Å². The molecule has 0 N–H and O–H groups in total. The molecule has 0 aromatic carbocycles. The van der Waals surface area contributed by atoms with Crippen molar-refractivity contribution in [2.75, 3.05) is 0 Å². The Morgan fingerprint density at radius 2 is 1.45 bits per heavy atom. The molecule has 0 aromatic heterocycles. The number of rotatable bonds is 1. The van der Waals surface area contributed by atoms with Crippen LogP contribution in [0.2, 0.25) is 0 Å². The van der Waals surface area contributed by atoms with Crippen molar-refractivity contribution >= 4 is 5.78 Å².